The molecule has 1 aliphatic heterocycles. The molecule has 6 heteroatoms. The van der Waals surface area contributed by atoms with Gasteiger partial charge in [0.1, 0.15) is 0 Å². The zero-order chi connectivity index (χ0) is 18.4. The van der Waals surface area contributed by atoms with Gasteiger partial charge in [-0.05, 0) is 30.2 Å². The van der Waals surface area contributed by atoms with E-state index in [0.717, 1.165) is 12.0 Å². The van der Waals surface area contributed by atoms with Crippen molar-refractivity contribution in [2.75, 3.05) is 31.5 Å². The van der Waals surface area contributed by atoms with Gasteiger partial charge in [0.2, 0.25) is 5.91 Å². The first-order valence-electron chi connectivity index (χ1n) is 8.75. The Labute approximate surface area is 158 Å². The summed E-state index contributed by atoms with van der Waals surface area (Å²) in [6, 6.07) is 16.6. The van der Waals surface area contributed by atoms with Crippen molar-refractivity contribution in [2.45, 2.75) is 12.8 Å². The van der Waals surface area contributed by atoms with E-state index >= 15 is 0 Å². The minimum Gasteiger partial charge on any atom is -0.341 e. The van der Waals surface area contributed by atoms with Gasteiger partial charge in [-0.2, -0.15) is 0 Å². The average molecular weight is 372 g/mol. The highest BCUT2D eigenvalue weighted by atomic mass is 35.5. The van der Waals surface area contributed by atoms with E-state index in [2.05, 4.69) is 5.32 Å². The van der Waals surface area contributed by atoms with Crippen molar-refractivity contribution in [1.82, 2.24) is 9.80 Å². The molecule has 5 nitrogen and oxygen atoms in total. The summed E-state index contributed by atoms with van der Waals surface area (Å²) in [7, 11) is 0. The van der Waals surface area contributed by atoms with E-state index in [1.54, 1.807) is 29.2 Å². The number of hydrogen-bond acceptors (Lipinski definition) is 2. The molecule has 0 spiro atoms. The molecule has 0 radical (unpaired) electrons. The van der Waals surface area contributed by atoms with Gasteiger partial charge in [-0.25, -0.2) is 4.79 Å². The molecule has 0 bridgehead atoms. The molecule has 2 aromatic carbocycles. The SMILES string of the molecule is O=C(Cc1ccccc1)N1CCCN(C(=O)Nc2cccc(Cl)c2)CC1. The van der Waals surface area contributed by atoms with Crippen LogP contribution in [0, 0.1) is 0 Å². The lowest BCUT2D eigenvalue weighted by atomic mass is 10.1. The second-order valence-corrected chi connectivity index (χ2v) is 6.76. The topological polar surface area (TPSA) is 52.7 Å². The molecule has 1 aliphatic rings. The molecule has 1 saturated heterocycles. The molecule has 3 amide bonds. The Morgan fingerprint density at radius 1 is 0.923 bits per heavy atom. The minimum atomic E-state index is -0.162. The van der Waals surface area contributed by atoms with Gasteiger partial charge in [-0.3, -0.25) is 4.79 Å². The van der Waals surface area contributed by atoms with Crippen LogP contribution in [0.25, 0.3) is 0 Å². The number of nitrogens with zero attached hydrogens (tertiary/aromatic N) is 2. The Morgan fingerprint density at radius 2 is 1.65 bits per heavy atom. The fraction of sp³-hybridized carbons (Fsp3) is 0.300. The fourth-order valence-corrected chi connectivity index (χ4v) is 3.21. The molecule has 26 heavy (non-hydrogen) atoms. The first kappa shape index (κ1) is 18.3. The first-order chi connectivity index (χ1) is 12.6. The van der Waals surface area contributed by atoms with E-state index in [9.17, 15) is 9.59 Å². The van der Waals surface area contributed by atoms with E-state index in [0.29, 0.717) is 43.3 Å². The van der Waals surface area contributed by atoms with E-state index in [1.165, 1.54) is 0 Å². The summed E-state index contributed by atoms with van der Waals surface area (Å²) in [5.41, 5.74) is 1.68. The zero-order valence-corrected chi connectivity index (χ0v) is 15.3. The van der Waals surface area contributed by atoms with Gasteiger partial charge in [0.05, 0.1) is 6.42 Å². The van der Waals surface area contributed by atoms with Crippen molar-refractivity contribution in [3.05, 3.63) is 65.2 Å². The van der Waals surface area contributed by atoms with Crippen LogP contribution in [0.4, 0.5) is 10.5 Å². The minimum absolute atomic E-state index is 0.105. The molecule has 0 aliphatic carbocycles. The van der Waals surface area contributed by atoms with Crippen LogP contribution in [0.15, 0.2) is 54.6 Å². The largest absolute Gasteiger partial charge is 0.341 e. The summed E-state index contributed by atoms with van der Waals surface area (Å²) in [6.07, 6.45) is 1.17. The summed E-state index contributed by atoms with van der Waals surface area (Å²) < 4.78 is 0. The Kier molecular flexibility index (Phi) is 6.12. The molecule has 0 unspecified atom stereocenters. The summed E-state index contributed by atoms with van der Waals surface area (Å²) in [5, 5.41) is 3.44. The van der Waals surface area contributed by atoms with Crippen molar-refractivity contribution >= 4 is 29.2 Å². The van der Waals surface area contributed by atoms with Crippen molar-refractivity contribution < 1.29 is 9.59 Å². The van der Waals surface area contributed by atoms with Crippen LogP contribution in [-0.2, 0) is 11.2 Å². The van der Waals surface area contributed by atoms with E-state index in [1.807, 2.05) is 35.2 Å². The van der Waals surface area contributed by atoms with Crippen LogP contribution in [0.5, 0.6) is 0 Å². The van der Waals surface area contributed by atoms with E-state index in [-0.39, 0.29) is 11.9 Å². The maximum absolute atomic E-state index is 12.5. The highest BCUT2D eigenvalue weighted by Crippen LogP contribution is 2.16. The number of urea groups is 1. The summed E-state index contributed by atoms with van der Waals surface area (Å²) >= 11 is 5.95. The molecule has 0 atom stereocenters. The molecule has 1 N–H and O–H groups in total. The molecule has 136 valence electrons. The smallest absolute Gasteiger partial charge is 0.321 e. The fourth-order valence-electron chi connectivity index (χ4n) is 3.02. The monoisotopic (exact) mass is 371 g/mol. The third-order valence-electron chi connectivity index (χ3n) is 4.41. The summed E-state index contributed by atoms with van der Waals surface area (Å²) in [5.74, 6) is 0.105. The molecular weight excluding hydrogens is 350 g/mol. The molecule has 1 fully saturated rings. The predicted octanol–water partition coefficient (Wildman–Crippen LogP) is 3.65. The van der Waals surface area contributed by atoms with Gasteiger partial charge in [-0.15, -0.1) is 0 Å². The highest BCUT2D eigenvalue weighted by Gasteiger charge is 2.22. The number of nitrogens with one attached hydrogen (secondary N) is 1. The maximum atomic E-state index is 12.5. The Morgan fingerprint density at radius 3 is 2.42 bits per heavy atom. The molecule has 1 heterocycles. The highest BCUT2D eigenvalue weighted by molar-refractivity contribution is 6.30. The van der Waals surface area contributed by atoms with E-state index in [4.69, 9.17) is 11.6 Å². The lowest BCUT2D eigenvalue weighted by Gasteiger charge is -2.22. The van der Waals surface area contributed by atoms with E-state index < -0.39 is 0 Å². The van der Waals surface area contributed by atoms with Crippen molar-refractivity contribution in [1.29, 1.82) is 0 Å². The number of carbonyl (C=O) groups is 2. The molecule has 2 aromatic rings. The first-order valence-corrected chi connectivity index (χ1v) is 9.13. The lowest BCUT2D eigenvalue weighted by molar-refractivity contribution is -0.130. The summed E-state index contributed by atoms with van der Waals surface area (Å²) in [6.45, 7) is 2.37. The number of carbonyl (C=O) groups excluding carboxylic acids is 2. The van der Waals surface area contributed by atoms with Crippen molar-refractivity contribution in [2.24, 2.45) is 0 Å². The van der Waals surface area contributed by atoms with Crippen molar-refractivity contribution in [3.63, 3.8) is 0 Å². The third kappa shape index (κ3) is 4.99. The number of benzene rings is 2. The standard InChI is InChI=1S/C20H22ClN3O2/c21-17-8-4-9-18(15-17)22-20(26)24-11-5-10-23(12-13-24)19(25)14-16-6-2-1-3-7-16/h1-4,6-9,15H,5,10-14H2,(H,22,26). The lowest BCUT2D eigenvalue weighted by Crippen LogP contribution is -2.39. The normalized spacial score (nSPS) is 14.7. The van der Waals surface area contributed by atoms with Gasteiger partial charge in [0, 0.05) is 36.9 Å². The Balaban J connectivity index is 1.54. The van der Waals surface area contributed by atoms with Gasteiger partial charge < -0.3 is 15.1 Å². The van der Waals surface area contributed by atoms with Crippen LogP contribution < -0.4 is 5.32 Å². The Bertz CT molecular complexity index is 767. The van der Waals surface area contributed by atoms with Crippen LogP contribution in [0.3, 0.4) is 0 Å². The molecule has 0 aromatic heterocycles. The number of hydrogen-bond donors (Lipinski definition) is 1. The average Bonchev–Trinajstić information content (AvgIpc) is 2.89. The molecular formula is C20H22ClN3O2. The number of halogens is 1. The number of amides is 3. The second-order valence-electron chi connectivity index (χ2n) is 6.32. The quantitative estimate of drug-likeness (QED) is 0.895. The van der Waals surface area contributed by atoms with Crippen LogP contribution in [0.1, 0.15) is 12.0 Å². The molecule has 0 saturated carbocycles. The van der Waals surface area contributed by atoms with Gasteiger partial charge in [0.25, 0.3) is 0 Å². The number of rotatable bonds is 3. The molecule has 3 rings (SSSR count). The van der Waals surface area contributed by atoms with Crippen LogP contribution >= 0.6 is 11.6 Å². The third-order valence-corrected chi connectivity index (χ3v) is 4.64. The van der Waals surface area contributed by atoms with Gasteiger partial charge in [-0.1, -0.05) is 48.0 Å². The van der Waals surface area contributed by atoms with Crippen LogP contribution in [0.2, 0.25) is 5.02 Å². The van der Waals surface area contributed by atoms with Crippen LogP contribution in [-0.4, -0.2) is 47.9 Å². The Hall–Kier alpha value is -2.53. The second kappa shape index (κ2) is 8.72. The maximum Gasteiger partial charge on any atom is 0.321 e. The predicted molar refractivity (Wildman–Crippen MR) is 103 cm³/mol. The van der Waals surface area contributed by atoms with Crippen molar-refractivity contribution in [3.8, 4) is 0 Å². The zero-order valence-electron chi connectivity index (χ0n) is 14.5. The summed E-state index contributed by atoms with van der Waals surface area (Å²) in [4.78, 5) is 28.6. The van der Waals surface area contributed by atoms with Gasteiger partial charge >= 0.3 is 6.03 Å². The number of anilines is 1. The van der Waals surface area contributed by atoms with Gasteiger partial charge in [0.15, 0.2) is 0 Å².